The maximum Gasteiger partial charge on any atom is 0.264 e. The maximum atomic E-state index is 13.7. The molecule has 3 aromatic rings. The monoisotopic (exact) mass is 393 g/mol. The van der Waals surface area contributed by atoms with Gasteiger partial charge in [-0.2, -0.15) is 0 Å². The van der Waals surface area contributed by atoms with Crippen molar-refractivity contribution in [3.63, 3.8) is 0 Å². The number of fused-ring (bicyclic) bond motifs is 3. The van der Waals surface area contributed by atoms with Crippen LogP contribution in [-0.4, -0.2) is 15.5 Å². The molecule has 4 nitrogen and oxygen atoms in total. The number of sulfonamides is 1. The van der Waals surface area contributed by atoms with E-state index < -0.39 is 10.0 Å². The van der Waals surface area contributed by atoms with Gasteiger partial charge in [0.1, 0.15) is 5.75 Å². The molecule has 1 aliphatic rings. The lowest BCUT2D eigenvalue weighted by Crippen LogP contribution is -2.37. The van der Waals surface area contributed by atoms with Gasteiger partial charge in [0, 0.05) is 5.56 Å². The Labute approximate surface area is 166 Å². The standard InChI is InChI=1S/C23H23NO3S/c1-4-21-23-16(2)8-7-10-20(23)19-9-5-6-11-22(19)24(21)28(25,26)18-14-12-17(27-3)13-15-18/h5-15,21H,4H2,1-3H3. The van der Waals surface area contributed by atoms with Gasteiger partial charge in [-0.15, -0.1) is 0 Å². The van der Waals surface area contributed by atoms with Crippen LogP contribution in [0, 0.1) is 6.92 Å². The van der Waals surface area contributed by atoms with Gasteiger partial charge in [0.05, 0.1) is 23.7 Å². The van der Waals surface area contributed by atoms with Crippen molar-refractivity contribution in [3.8, 4) is 16.9 Å². The van der Waals surface area contributed by atoms with E-state index in [-0.39, 0.29) is 10.9 Å². The molecular weight excluding hydrogens is 370 g/mol. The summed E-state index contributed by atoms with van der Waals surface area (Å²) in [5.74, 6) is 0.631. The molecule has 3 aromatic carbocycles. The summed E-state index contributed by atoms with van der Waals surface area (Å²) in [5.41, 5.74) is 4.98. The van der Waals surface area contributed by atoms with Crippen molar-refractivity contribution in [3.05, 3.63) is 77.9 Å². The molecule has 0 bridgehead atoms. The molecule has 4 rings (SSSR count). The summed E-state index contributed by atoms with van der Waals surface area (Å²) in [6.07, 6.45) is 0.682. The fraction of sp³-hybridized carbons (Fsp3) is 0.217. The third-order valence-electron chi connectivity index (χ3n) is 5.38. The molecule has 0 aliphatic carbocycles. The fourth-order valence-electron chi connectivity index (χ4n) is 4.06. The predicted molar refractivity (Wildman–Crippen MR) is 112 cm³/mol. The van der Waals surface area contributed by atoms with E-state index in [2.05, 4.69) is 6.07 Å². The third-order valence-corrected chi connectivity index (χ3v) is 7.21. The molecular formula is C23H23NO3S. The number of benzene rings is 3. The van der Waals surface area contributed by atoms with Gasteiger partial charge in [-0.05, 0) is 60.4 Å². The minimum absolute atomic E-state index is 0.252. The van der Waals surface area contributed by atoms with Crippen molar-refractivity contribution in [1.29, 1.82) is 0 Å². The first-order valence-corrected chi connectivity index (χ1v) is 10.8. The summed E-state index contributed by atoms with van der Waals surface area (Å²) in [6, 6.07) is 20.2. The molecule has 0 saturated heterocycles. The van der Waals surface area contributed by atoms with Gasteiger partial charge >= 0.3 is 0 Å². The Morgan fingerprint density at radius 2 is 1.61 bits per heavy atom. The van der Waals surface area contributed by atoms with Crippen LogP contribution in [0.1, 0.15) is 30.5 Å². The number of methoxy groups -OCH3 is 1. The first kappa shape index (κ1) is 18.6. The molecule has 144 valence electrons. The van der Waals surface area contributed by atoms with Crippen LogP contribution < -0.4 is 9.04 Å². The highest BCUT2D eigenvalue weighted by Crippen LogP contribution is 2.49. The Balaban J connectivity index is 1.96. The molecule has 0 radical (unpaired) electrons. The lowest BCUT2D eigenvalue weighted by Gasteiger charge is -2.39. The normalized spacial score (nSPS) is 15.7. The van der Waals surface area contributed by atoms with Crippen molar-refractivity contribution in [1.82, 2.24) is 0 Å². The number of anilines is 1. The van der Waals surface area contributed by atoms with E-state index in [4.69, 9.17) is 4.74 Å². The second-order valence-corrected chi connectivity index (χ2v) is 8.77. The lowest BCUT2D eigenvalue weighted by molar-refractivity contribution is 0.414. The number of hydrogen-bond donors (Lipinski definition) is 0. The van der Waals surface area contributed by atoms with Crippen LogP contribution in [0.4, 0.5) is 5.69 Å². The summed E-state index contributed by atoms with van der Waals surface area (Å²) < 4.78 is 34.2. The fourth-order valence-corrected chi connectivity index (χ4v) is 5.78. The first-order chi connectivity index (χ1) is 13.5. The largest absolute Gasteiger partial charge is 0.497 e. The number of aryl methyl sites for hydroxylation is 1. The molecule has 0 saturated carbocycles. The number of nitrogens with zero attached hydrogens (tertiary/aromatic N) is 1. The third kappa shape index (κ3) is 2.78. The van der Waals surface area contributed by atoms with Crippen LogP contribution in [0.3, 0.4) is 0 Å². The van der Waals surface area contributed by atoms with Crippen LogP contribution >= 0.6 is 0 Å². The molecule has 1 atom stereocenters. The van der Waals surface area contributed by atoms with Gasteiger partial charge in [0.15, 0.2) is 0 Å². The zero-order valence-electron chi connectivity index (χ0n) is 16.2. The van der Waals surface area contributed by atoms with Gasteiger partial charge in [-0.1, -0.05) is 43.3 Å². The first-order valence-electron chi connectivity index (χ1n) is 9.36. The summed E-state index contributed by atoms with van der Waals surface area (Å²) in [5, 5.41) is 0. The van der Waals surface area contributed by atoms with Crippen molar-refractivity contribution in [2.45, 2.75) is 31.2 Å². The summed E-state index contributed by atoms with van der Waals surface area (Å²) in [7, 11) is -2.18. The molecule has 5 heteroatoms. The van der Waals surface area contributed by atoms with E-state index in [0.29, 0.717) is 12.2 Å². The van der Waals surface area contributed by atoms with Gasteiger partial charge in [-0.3, -0.25) is 4.31 Å². The van der Waals surface area contributed by atoms with Gasteiger partial charge in [-0.25, -0.2) is 8.42 Å². The number of hydrogen-bond acceptors (Lipinski definition) is 3. The minimum Gasteiger partial charge on any atom is -0.497 e. The predicted octanol–water partition coefficient (Wildman–Crippen LogP) is 5.33. The van der Waals surface area contributed by atoms with E-state index in [0.717, 1.165) is 27.9 Å². The number of rotatable bonds is 4. The molecule has 0 N–H and O–H groups in total. The topological polar surface area (TPSA) is 46.6 Å². The lowest BCUT2D eigenvalue weighted by atomic mass is 9.86. The molecule has 1 heterocycles. The molecule has 0 amide bonds. The second-order valence-electron chi connectivity index (χ2n) is 6.95. The zero-order chi connectivity index (χ0) is 19.9. The molecule has 28 heavy (non-hydrogen) atoms. The highest BCUT2D eigenvalue weighted by molar-refractivity contribution is 7.92. The van der Waals surface area contributed by atoms with Crippen LogP contribution in [0.15, 0.2) is 71.6 Å². The van der Waals surface area contributed by atoms with Crippen molar-refractivity contribution >= 4 is 15.7 Å². The van der Waals surface area contributed by atoms with Gasteiger partial charge < -0.3 is 4.74 Å². The average molecular weight is 394 g/mol. The van der Waals surface area contributed by atoms with Crippen molar-refractivity contribution in [2.75, 3.05) is 11.4 Å². The Hall–Kier alpha value is -2.79. The van der Waals surface area contributed by atoms with E-state index in [9.17, 15) is 8.42 Å². The highest BCUT2D eigenvalue weighted by Gasteiger charge is 2.38. The zero-order valence-corrected chi connectivity index (χ0v) is 17.0. The minimum atomic E-state index is -3.74. The maximum absolute atomic E-state index is 13.7. The molecule has 0 fully saturated rings. The van der Waals surface area contributed by atoms with E-state index in [1.165, 1.54) is 0 Å². The Kier molecular flexibility index (Phi) is 4.63. The summed E-state index contributed by atoms with van der Waals surface area (Å²) >= 11 is 0. The average Bonchev–Trinajstić information content (AvgIpc) is 2.72. The number of para-hydroxylation sites is 1. The summed E-state index contributed by atoms with van der Waals surface area (Å²) in [6.45, 7) is 4.08. The molecule has 0 aromatic heterocycles. The van der Waals surface area contributed by atoms with Crippen molar-refractivity contribution in [2.24, 2.45) is 0 Å². The van der Waals surface area contributed by atoms with Crippen LogP contribution in [-0.2, 0) is 10.0 Å². The van der Waals surface area contributed by atoms with Crippen molar-refractivity contribution < 1.29 is 13.2 Å². The Morgan fingerprint density at radius 1 is 0.929 bits per heavy atom. The SMILES string of the molecule is CCC1c2c(C)cccc2-c2ccccc2N1S(=O)(=O)c1ccc(OC)cc1. The van der Waals surface area contributed by atoms with E-state index >= 15 is 0 Å². The van der Waals surface area contributed by atoms with Gasteiger partial charge in [0.2, 0.25) is 0 Å². The van der Waals surface area contributed by atoms with Crippen LogP contribution in [0.2, 0.25) is 0 Å². The van der Waals surface area contributed by atoms with Gasteiger partial charge in [0.25, 0.3) is 10.0 Å². The van der Waals surface area contributed by atoms with E-state index in [1.54, 1.807) is 35.7 Å². The Morgan fingerprint density at radius 3 is 2.29 bits per heavy atom. The quantitative estimate of drug-likeness (QED) is 0.602. The van der Waals surface area contributed by atoms with E-state index in [1.807, 2.05) is 50.2 Å². The Bertz CT molecular complexity index is 1120. The second kappa shape index (κ2) is 6.99. The molecule has 1 unspecified atom stereocenters. The van der Waals surface area contributed by atoms with Crippen LogP contribution in [0.5, 0.6) is 5.75 Å². The van der Waals surface area contributed by atoms with Crippen LogP contribution in [0.25, 0.3) is 11.1 Å². The summed E-state index contributed by atoms with van der Waals surface area (Å²) in [4.78, 5) is 0.263. The number of ether oxygens (including phenoxy) is 1. The smallest absolute Gasteiger partial charge is 0.264 e. The highest BCUT2D eigenvalue weighted by atomic mass is 32.2. The molecule has 0 spiro atoms. The molecule has 1 aliphatic heterocycles.